The highest BCUT2D eigenvalue weighted by atomic mass is 19.4. The number of aromatic amines is 1. The molecule has 5 nitrogen and oxygen atoms in total. The van der Waals surface area contributed by atoms with E-state index in [0.29, 0.717) is 36.1 Å². The smallest absolute Gasteiger partial charge is 0.306 e. The summed E-state index contributed by atoms with van der Waals surface area (Å²) in [5.74, 6) is -0.455. The number of alkyl halides is 3. The van der Waals surface area contributed by atoms with Crippen LogP contribution >= 0.6 is 0 Å². The lowest BCUT2D eigenvalue weighted by molar-refractivity contribution is -0.137. The number of hydrogen-bond donors (Lipinski definition) is 1. The Hall–Kier alpha value is -3.07. The minimum atomic E-state index is -4.59. The number of halogens is 4. The van der Waals surface area contributed by atoms with Crippen molar-refractivity contribution in [1.29, 1.82) is 0 Å². The molecule has 0 bridgehead atoms. The molecule has 3 aromatic rings. The molecule has 2 aromatic heterocycles. The third-order valence-electron chi connectivity index (χ3n) is 4.88. The second-order valence-corrected chi connectivity index (χ2v) is 6.84. The maximum absolute atomic E-state index is 14.1. The van der Waals surface area contributed by atoms with E-state index in [0.717, 1.165) is 17.7 Å². The van der Waals surface area contributed by atoms with E-state index in [1.54, 1.807) is 24.5 Å². The summed E-state index contributed by atoms with van der Waals surface area (Å²) in [6, 6.07) is 6.00. The number of rotatable bonds is 3. The van der Waals surface area contributed by atoms with Crippen molar-refractivity contribution >= 4 is 0 Å². The zero-order valence-corrected chi connectivity index (χ0v) is 15.1. The van der Waals surface area contributed by atoms with Crippen molar-refractivity contribution in [2.24, 2.45) is 0 Å². The molecule has 1 aliphatic rings. The largest absolute Gasteiger partial charge is 0.416 e. The zero-order chi connectivity index (χ0) is 20.6. The number of H-pyrrole nitrogens is 1. The molecule has 1 N–H and O–H groups in total. The van der Waals surface area contributed by atoms with Crippen LogP contribution in [0.1, 0.15) is 22.4 Å². The van der Waals surface area contributed by atoms with Gasteiger partial charge in [0, 0.05) is 49.6 Å². The molecule has 9 heteroatoms. The summed E-state index contributed by atoms with van der Waals surface area (Å²) in [5, 5.41) is 0. The average Bonchev–Trinajstić information content (AvgIpc) is 2.69. The van der Waals surface area contributed by atoms with Gasteiger partial charge in [-0.2, -0.15) is 13.2 Å². The Balaban J connectivity index is 1.55. The van der Waals surface area contributed by atoms with Crippen LogP contribution in [-0.4, -0.2) is 26.4 Å². The average molecular weight is 404 g/mol. The lowest BCUT2D eigenvalue weighted by atomic mass is 10.0. The number of nitrogens with one attached hydrogen (secondary N) is 1. The van der Waals surface area contributed by atoms with Crippen molar-refractivity contribution in [2.45, 2.75) is 25.7 Å². The van der Waals surface area contributed by atoms with Crippen LogP contribution in [0.2, 0.25) is 0 Å². The second-order valence-electron chi connectivity index (χ2n) is 6.84. The maximum atomic E-state index is 14.1. The molecular weight excluding hydrogens is 388 g/mol. The molecule has 1 aliphatic heterocycles. The first-order chi connectivity index (χ1) is 13.8. The van der Waals surface area contributed by atoms with Gasteiger partial charge in [0.1, 0.15) is 11.6 Å². The third-order valence-corrected chi connectivity index (χ3v) is 4.88. The van der Waals surface area contributed by atoms with Crippen LogP contribution in [0.3, 0.4) is 0 Å². The van der Waals surface area contributed by atoms with E-state index in [1.165, 1.54) is 0 Å². The van der Waals surface area contributed by atoms with Gasteiger partial charge in [0.2, 0.25) is 0 Å². The van der Waals surface area contributed by atoms with Crippen LogP contribution < -0.4 is 5.56 Å². The normalized spacial score (nSPS) is 14.6. The quantitative estimate of drug-likeness (QED) is 0.679. The summed E-state index contributed by atoms with van der Waals surface area (Å²) >= 11 is 0. The first kappa shape index (κ1) is 19.3. The van der Waals surface area contributed by atoms with Crippen molar-refractivity contribution in [3.05, 3.63) is 81.3 Å². The monoisotopic (exact) mass is 404 g/mol. The third kappa shape index (κ3) is 4.04. The fourth-order valence-electron chi connectivity index (χ4n) is 3.36. The minimum Gasteiger partial charge on any atom is -0.306 e. The van der Waals surface area contributed by atoms with Gasteiger partial charge in [0.05, 0.1) is 16.8 Å². The van der Waals surface area contributed by atoms with Crippen molar-refractivity contribution in [2.75, 3.05) is 6.54 Å². The predicted octanol–water partition coefficient (Wildman–Crippen LogP) is 3.55. The van der Waals surface area contributed by atoms with E-state index >= 15 is 0 Å². The predicted molar refractivity (Wildman–Crippen MR) is 97.3 cm³/mol. The molecule has 0 radical (unpaired) electrons. The van der Waals surface area contributed by atoms with E-state index in [1.807, 2.05) is 4.90 Å². The minimum absolute atomic E-state index is 0.106. The van der Waals surface area contributed by atoms with Gasteiger partial charge in [-0.05, 0) is 24.3 Å². The zero-order valence-electron chi connectivity index (χ0n) is 15.1. The van der Waals surface area contributed by atoms with Gasteiger partial charge in [-0.3, -0.25) is 14.7 Å². The summed E-state index contributed by atoms with van der Waals surface area (Å²) in [6.07, 6.45) is -0.890. The van der Waals surface area contributed by atoms with Crippen molar-refractivity contribution in [3.8, 4) is 11.4 Å². The lowest BCUT2D eigenvalue weighted by Crippen LogP contribution is -2.35. The molecule has 0 saturated heterocycles. The van der Waals surface area contributed by atoms with Crippen LogP contribution in [-0.2, 0) is 25.7 Å². The van der Waals surface area contributed by atoms with Gasteiger partial charge in [0.25, 0.3) is 5.56 Å². The Labute approximate surface area is 163 Å². The number of aromatic nitrogens is 3. The summed E-state index contributed by atoms with van der Waals surface area (Å²) in [7, 11) is 0. The van der Waals surface area contributed by atoms with Gasteiger partial charge in [-0.15, -0.1) is 0 Å². The standard InChI is InChI=1S/C20H16F4N4O/c21-16-9-14(20(22,23)24)2-1-13(16)10-28-8-5-17-15(11-28)19(29)27-18(26-17)12-3-6-25-7-4-12/h1-4,6-7,9H,5,8,10-11H2,(H,26,27,29). The topological polar surface area (TPSA) is 61.9 Å². The SMILES string of the molecule is O=c1[nH]c(-c2ccncc2)nc2c1CN(Cc1ccc(C(F)(F)F)cc1F)CC2. The summed E-state index contributed by atoms with van der Waals surface area (Å²) in [4.78, 5) is 25.6. The van der Waals surface area contributed by atoms with Gasteiger partial charge >= 0.3 is 6.18 Å². The van der Waals surface area contributed by atoms with Crippen LogP contribution in [0.25, 0.3) is 11.4 Å². The lowest BCUT2D eigenvalue weighted by Gasteiger charge is -2.28. The molecule has 0 atom stereocenters. The van der Waals surface area contributed by atoms with Crippen LogP contribution in [0.5, 0.6) is 0 Å². The number of pyridine rings is 1. The Bertz CT molecular complexity index is 1100. The Morgan fingerprint density at radius 2 is 1.90 bits per heavy atom. The summed E-state index contributed by atoms with van der Waals surface area (Å²) in [6.45, 7) is 0.864. The Kier molecular flexibility index (Phi) is 4.91. The highest BCUT2D eigenvalue weighted by Gasteiger charge is 2.31. The first-order valence-corrected chi connectivity index (χ1v) is 8.92. The molecule has 0 amide bonds. The molecule has 0 fully saturated rings. The van der Waals surface area contributed by atoms with Gasteiger partial charge < -0.3 is 4.98 Å². The molecule has 0 aliphatic carbocycles. The Morgan fingerprint density at radius 3 is 2.59 bits per heavy atom. The number of benzene rings is 1. The van der Waals surface area contributed by atoms with Gasteiger partial charge in [0.15, 0.2) is 0 Å². The van der Waals surface area contributed by atoms with Crippen molar-refractivity contribution in [1.82, 2.24) is 19.9 Å². The molecule has 4 rings (SSSR count). The Morgan fingerprint density at radius 1 is 1.14 bits per heavy atom. The van der Waals surface area contributed by atoms with Crippen molar-refractivity contribution in [3.63, 3.8) is 0 Å². The second kappa shape index (κ2) is 7.40. The summed E-state index contributed by atoms with van der Waals surface area (Å²) < 4.78 is 52.2. The van der Waals surface area contributed by atoms with E-state index in [2.05, 4.69) is 15.0 Å². The van der Waals surface area contributed by atoms with Crippen LogP contribution in [0.4, 0.5) is 17.6 Å². The van der Waals surface area contributed by atoms with E-state index in [4.69, 9.17) is 0 Å². The number of hydrogen-bond acceptors (Lipinski definition) is 4. The molecule has 150 valence electrons. The molecule has 1 aromatic carbocycles. The molecule has 0 unspecified atom stereocenters. The van der Waals surface area contributed by atoms with Gasteiger partial charge in [-0.25, -0.2) is 9.37 Å². The van der Waals surface area contributed by atoms with Crippen LogP contribution in [0.15, 0.2) is 47.5 Å². The van der Waals surface area contributed by atoms with Crippen LogP contribution in [0, 0.1) is 5.82 Å². The molecule has 29 heavy (non-hydrogen) atoms. The fraction of sp³-hybridized carbons (Fsp3) is 0.250. The first-order valence-electron chi connectivity index (χ1n) is 8.92. The maximum Gasteiger partial charge on any atom is 0.416 e. The number of fused-ring (bicyclic) bond motifs is 1. The van der Waals surface area contributed by atoms with E-state index in [9.17, 15) is 22.4 Å². The van der Waals surface area contributed by atoms with E-state index in [-0.39, 0.29) is 24.2 Å². The fourth-order valence-corrected chi connectivity index (χ4v) is 3.36. The van der Waals surface area contributed by atoms with E-state index < -0.39 is 17.6 Å². The molecule has 0 spiro atoms. The highest BCUT2D eigenvalue weighted by Crippen LogP contribution is 2.30. The molecule has 0 saturated carbocycles. The molecular formula is C20H16F4N4O. The summed E-state index contributed by atoms with van der Waals surface area (Å²) in [5.41, 5.74) is 0.755. The van der Waals surface area contributed by atoms with Gasteiger partial charge in [-0.1, -0.05) is 6.07 Å². The number of nitrogens with zero attached hydrogens (tertiary/aromatic N) is 3. The molecule has 3 heterocycles. The van der Waals surface area contributed by atoms with Crippen molar-refractivity contribution < 1.29 is 17.6 Å². The highest BCUT2D eigenvalue weighted by molar-refractivity contribution is 5.54.